The summed E-state index contributed by atoms with van der Waals surface area (Å²) in [7, 11) is 0. The predicted octanol–water partition coefficient (Wildman–Crippen LogP) is 4.68. The largest absolute Gasteiger partial charge is 0.360 e. The number of hydrogen-bond donors (Lipinski definition) is 3. The van der Waals surface area contributed by atoms with Crippen LogP contribution in [0.2, 0.25) is 0 Å². The number of benzene rings is 2. The molecule has 0 aliphatic heterocycles. The van der Waals surface area contributed by atoms with Gasteiger partial charge in [-0.25, -0.2) is 4.79 Å². The highest BCUT2D eigenvalue weighted by Crippen LogP contribution is 2.19. The minimum atomic E-state index is -0.373. The Hall–Kier alpha value is -3.28. The van der Waals surface area contributed by atoms with Gasteiger partial charge in [0.05, 0.1) is 0 Å². The summed E-state index contributed by atoms with van der Waals surface area (Å²) in [5.74, 6) is 1.01. The minimum absolute atomic E-state index is 0.373. The Morgan fingerprint density at radius 2 is 1.46 bits per heavy atom. The van der Waals surface area contributed by atoms with Gasteiger partial charge in [0.2, 0.25) is 0 Å². The summed E-state index contributed by atoms with van der Waals surface area (Å²) in [6.07, 6.45) is 0. The molecule has 1 aromatic heterocycles. The van der Waals surface area contributed by atoms with Crippen LogP contribution in [0.5, 0.6) is 0 Å². The normalized spacial score (nSPS) is 10.2. The van der Waals surface area contributed by atoms with E-state index in [1.54, 1.807) is 13.0 Å². The van der Waals surface area contributed by atoms with Gasteiger partial charge in [0.25, 0.3) is 0 Å². The molecule has 0 saturated heterocycles. The van der Waals surface area contributed by atoms with Crippen LogP contribution in [-0.2, 0) is 0 Å². The lowest BCUT2D eigenvalue weighted by Gasteiger charge is -2.09. The first-order valence-corrected chi connectivity index (χ1v) is 7.53. The highest BCUT2D eigenvalue weighted by molar-refractivity contribution is 5.99. The molecule has 2 aromatic carbocycles. The van der Waals surface area contributed by atoms with Crippen LogP contribution in [0.1, 0.15) is 11.3 Å². The first kappa shape index (κ1) is 15.6. The zero-order valence-corrected chi connectivity index (χ0v) is 13.5. The van der Waals surface area contributed by atoms with Gasteiger partial charge in [-0.1, -0.05) is 22.9 Å². The summed E-state index contributed by atoms with van der Waals surface area (Å²) < 4.78 is 4.89. The van der Waals surface area contributed by atoms with Crippen molar-refractivity contribution in [3.05, 3.63) is 65.9 Å². The van der Waals surface area contributed by atoms with Crippen LogP contribution < -0.4 is 16.0 Å². The number of carbonyl (C=O) groups excluding carboxylic acids is 1. The molecular formula is C18H18N4O2. The number of anilines is 4. The molecule has 3 aromatic rings. The summed E-state index contributed by atoms with van der Waals surface area (Å²) in [6, 6.07) is 16.9. The number of rotatable bonds is 4. The van der Waals surface area contributed by atoms with Crippen LogP contribution in [0.15, 0.2) is 59.1 Å². The van der Waals surface area contributed by atoms with Crippen molar-refractivity contribution in [2.45, 2.75) is 13.8 Å². The Balaban J connectivity index is 1.57. The topological polar surface area (TPSA) is 79.2 Å². The fourth-order valence-electron chi connectivity index (χ4n) is 2.14. The van der Waals surface area contributed by atoms with E-state index in [2.05, 4.69) is 28.0 Å². The first-order valence-electron chi connectivity index (χ1n) is 7.53. The molecule has 6 heteroatoms. The predicted molar refractivity (Wildman–Crippen MR) is 94.8 cm³/mol. The second kappa shape index (κ2) is 6.87. The van der Waals surface area contributed by atoms with Crippen LogP contribution in [-0.4, -0.2) is 11.2 Å². The van der Waals surface area contributed by atoms with E-state index in [9.17, 15) is 4.79 Å². The Kier molecular flexibility index (Phi) is 4.47. The molecule has 0 bridgehead atoms. The molecule has 0 unspecified atom stereocenters. The standard InChI is InChI=1S/C18H18N4O2/c1-12-3-5-14(6-4-12)19-15-7-9-16(10-8-15)20-18(23)21-17-11-13(2)24-22-17/h3-11,19H,1-2H3,(H2,20,21,22,23). The van der Waals surface area contributed by atoms with Crippen molar-refractivity contribution < 1.29 is 9.32 Å². The fraction of sp³-hybridized carbons (Fsp3) is 0.111. The molecule has 2 amide bonds. The number of hydrogen-bond acceptors (Lipinski definition) is 4. The summed E-state index contributed by atoms with van der Waals surface area (Å²) >= 11 is 0. The Morgan fingerprint density at radius 3 is 2.04 bits per heavy atom. The highest BCUT2D eigenvalue weighted by atomic mass is 16.5. The van der Waals surface area contributed by atoms with Crippen molar-refractivity contribution in [3.8, 4) is 0 Å². The van der Waals surface area contributed by atoms with Crippen molar-refractivity contribution in [3.63, 3.8) is 0 Å². The SMILES string of the molecule is Cc1ccc(Nc2ccc(NC(=O)Nc3cc(C)on3)cc2)cc1. The minimum Gasteiger partial charge on any atom is -0.360 e. The van der Waals surface area contributed by atoms with Gasteiger partial charge in [-0.2, -0.15) is 0 Å². The molecule has 3 rings (SSSR count). The second-order valence-corrected chi connectivity index (χ2v) is 5.47. The van der Waals surface area contributed by atoms with E-state index in [-0.39, 0.29) is 6.03 Å². The van der Waals surface area contributed by atoms with Crippen molar-refractivity contribution >= 4 is 28.9 Å². The van der Waals surface area contributed by atoms with Gasteiger partial charge >= 0.3 is 6.03 Å². The van der Waals surface area contributed by atoms with Crippen LogP contribution in [0.3, 0.4) is 0 Å². The third kappa shape index (κ3) is 4.13. The Bertz CT molecular complexity index is 823. The third-order valence-electron chi connectivity index (χ3n) is 3.35. The van der Waals surface area contributed by atoms with Gasteiger partial charge < -0.3 is 15.2 Å². The molecule has 0 spiro atoms. The Labute approximate surface area is 139 Å². The van der Waals surface area contributed by atoms with Crippen molar-refractivity contribution in [1.82, 2.24) is 5.16 Å². The van der Waals surface area contributed by atoms with Crippen molar-refractivity contribution in [2.75, 3.05) is 16.0 Å². The molecule has 0 radical (unpaired) electrons. The van der Waals surface area contributed by atoms with E-state index < -0.39 is 0 Å². The van der Waals surface area contributed by atoms with Crippen LogP contribution in [0, 0.1) is 13.8 Å². The van der Waals surface area contributed by atoms with Gasteiger partial charge in [-0.15, -0.1) is 0 Å². The lowest BCUT2D eigenvalue weighted by Crippen LogP contribution is -2.19. The number of carbonyl (C=O) groups is 1. The smallest absolute Gasteiger partial charge is 0.324 e. The molecule has 3 N–H and O–H groups in total. The van der Waals surface area contributed by atoms with Crippen LogP contribution in [0.4, 0.5) is 27.7 Å². The highest BCUT2D eigenvalue weighted by Gasteiger charge is 2.06. The first-order chi connectivity index (χ1) is 11.6. The molecule has 0 saturated carbocycles. The summed E-state index contributed by atoms with van der Waals surface area (Å²) in [6.45, 7) is 3.81. The summed E-state index contributed by atoms with van der Waals surface area (Å²) in [5.41, 5.74) is 3.85. The maximum absolute atomic E-state index is 11.9. The number of nitrogens with zero attached hydrogens (tertiary/aromatic N) is 1. The van der Waals surface area contributed by atoms with E-state index in [0.717, 1.165) is 11.4 Å². The maximum atomic E-state index is 11.9. The van der Waals surface area contributed by atoms with E-state index in [4.69, 9.17) is 4.52 Å². The monoisotopic (exact) mass is 322 g/mol. The molecular weight excluding hydrogens is 304 g/mol. The van der Waals surface area contributed by atoms with E-state index in [1.165, 1.54) is 5.56 Å². The Morgan fingerprint density at radius 1 is 0.875 bits per heavy atom. The fourth-order valence-corrected chi connectivity index (χ4v) is 2.14. The third-order valence-corrected chi connectivity index (χ3v) is 3.35. The molecule has 0 atom stereocenters. The number of aryl methyl sites for hydroxylation is 2. The van der Waals surface area contributed by atoms with Crippen LogP contribution in [0.25, 0.3) is 0 Å². The second-order valence-electron chi connectivity index (χ2n) is 5.47. The number of urea groups is 1. The van der Waals surface area contributed by atoms with Gasteiger partial charge in [-0.3, -0.25) is 5.32 Å². The van der Waals surface area contributed by atoms with Crippen molar-refractivity contribution in [1.29, 1.82) is 0 Å². The molecule has 0 aliphatic carbocycles. The zero-order valence-electron chi connectivity index (χ0n) is 13.5. The number of nitrogens with one attached hydrogen (secondary N) is 3. The molecule has 0 aliphatic rings. The maximum Gasteiger partial charge on any atom is 0.324 e. The van der Waals surface area contributed by atoms with Gasteiger partial charge in [0.1, 0.15) is 5.76 Å². The lowest BCUT2D eigenvalue weighted by atomic mass is 10.2. The molecule has 0 fully saturated rings. The quantitative estimate of drug-likeness (QED) is 0.651. The molecule has 122 valence electrons. The summed E-state index contributed by atoms with van der Waals surface area (Å²) in [5, 5.41) is 12.4. The average Bonchev–Trinajstić information content (AvgIpc) is 2.96. The molecule has 24 heavy (non-hydrogen) atoms. The van der Waals surface area contributed by atoms with Gasteiger partial charge in [0, 0.05) is 23.1 Å². The average molecular weight is 322 g/mol. The van der Waals surface area contributed by atoms with E-state index in [0.29, 0.717) is 17.3 Å². The van der Waals surface area contributed by atoms with E-state index in [1.807, 2.05) is 48.5 Å². The van der Waals surface area contributed by atoms with E-state index >= 15 is 0 Å². The van der Waals surface area contributed by atoms with Crippen molar-refractivity contribution in [2.24, 2.45) is 0 Å². The van der Waals surface area contributed by atoms with Crippen LogP contribution >= 0.6 is 0 Å². The summed E-state index contributed by atoms with van der Waals surface area (Å²) in [4.78, 5) is 11.9. The van der Waals surface area contributed by atoms with Gasteiger partial charge in [0.15, 0.2) is 5.82 Å². The number of amides is 2. The molecule has 6 nitrogen and oxygen atoms in total. The van der Waals surface area contributed by atoms with Gasteiger partial charge in [-0.05, 0) is 50.2 Å². The number of aromatic nitrogens is 1. The molecule has 1 heterocycles. The zero-order chi connectivity index (χ0) is 16.9. The lowest BCUT2D eigenvalue weighted by molar-refractivity contribution is 0.262.